The highest BCUT2D eigenvalue weighted by atomic mass is 35.5. The Bertz CT molecular complexity index is 449. The molecule has 0 radical (unpaired) electrons. The van der Waals surface area contributed by atoms with E-state index < -0.39 is 8.07 Å². The number of benzene rings is 1. The van der Waals surface area contributed by atoms with Gasteiger partial charge in [-0.25, -0.2) is 0 Å². The third-order valence-corrected chi connectivity index (χ3v) is 4.78. The molecule has 0 bridgehead atoms. The van der Waals surface area contributed by atoms with E-state index in [0.29, 0.717) is 10.6 Å². The molecule has 17 heavy (non-hydrogen) atoms. The third-order valence-electron chi connectivity index (χ3n) is 2.43. The summed E-state index contributed by atoms with van der Waals surface area (Å²) in [6.45, 7) is 8.45. The van der Waals surface area contributed by atoms with Crippen LogP contribution in [0.4, 0.5) is 0 Å². The van der Waals surface area contributed by atoms with Crippen LogP contribution >= 0.6 is 11.6 Å². The quantitative estimate of drug-likeness (QED) is 0.838. The molecule has 0 heterocycles. The van der Waals surface area contributed by atoms with Crippen molar-refractivity contribution in [2.24, 2.45) is 0 Å². The summed E-state index contributed by atoms with van der Waals surface area (Å²) in [7, 11) is -1.58. The fourth-order valence-electron chi connectivity index (χ4n) is 1.61. The van der Waals surface area contributed by atoms with Crippen molar-refractivity contribution in [3.63, 3.8) is 0 Å². The molecule has 0 atom stereocenters. The Balaban J connectivity index is 3.26. The van der Waals surface area contributed by atoms with Gasteiger partial charge in [-0.2, -0.15) is 0 Å². The number of carbonyl (C=O) groups excluding carboxylic acids is 1. The maximum atomic E-state index is 12.1. The zero-order valence-corrected chi connectivity index (χ0v) is 12.4. The van der Waals surface area contributed by atoms with Crippen molar-refractivity contribution in [3.8, 4) is 0 Å². The lowest BCUT2D eigenvalue weighted by molar-refractivity contribution is 0.0971. The number of amides is 1. The maximum Gasteiger partial charge on any atom is 0.256 e. The maximum absolute atomic E-state index is 12.1. The van der Waals surface area contributed by atoms with Crippen LogP contribution in [0, 0.1) is 0 Å². The van der Waals surface area contributed by atoms with Crippen molar-refractivity contribution < 1.29 is 4.79 Å². The van der Waals surface area contributed by atoms with E-state index in [2.05, 4.69) is 25.0 Å². The molecule has 0 aliphatic heterocycles. The minimum absolute atomic E-state index is 0.133. The summed E-state index contributed by atoms with van der Waals surface area (Å²) in [4.78, 5) is 12.1. The van der Waals surface area contributed by atoms with Gasteiger partial charge >= 0.3 is 0 Å². The normalized spacial score (nSPS) is 11.8. The number of hydrogen-bond acceptors (Lipinski definition) is 1. The minimum atomic E-state index is -1.58. The number of hydrogen-bond donors (Lipinski definition) is 1. The van der Waals surface area contributed by atoms with Gasteiger partial charge in [-0.15, -0.1) is 0 Å². The molecule has 1 N–H and O–H groups in total. The largest absolute Gasteiger partial charge is 0.329 e. The molecule has 2 nitrogen and oxygen atoms in total. The highest BCUT2D eigenvalue weighted by Crippen LogP contribution is 2.17. The molecule has 4 heteroatoms. The van der Waals surface area contributed by atoms with Crippen molar-refractivity contribution in [1.29, 1.82) is 0 Å². The van der Waals surface area contributed by atoms with Gasteiger partial charge in [0.05, 0.1) is 18.7 Å². The van der Waals surface area contributed by atoms with Gasteiger partial charge < -0.3 is 5.32 Å². The van der Waals surface area contributed by atoms with E-state index in [1.54, 1.807) is 18.3 Å². The van der Waals surface area contributed by atoms with Crippen LogP contribution in [0.2, 0.25) is 24.7 Å². The molecule has 92 valence electrons. The second-order valence-corrected chi connectivity index (χ2v) is 10.3. The highest BCUT2D eigenvalue weighted by Gasteiger charge is 2.24. The highest BCUT2D eigenvalue weighted by molar-refractivity contribution is 6.89. The monoisotopic (exact) mass is 267 g/mol. The Morgan fingerprint density at radius 1 is 1.35 bits per heavy atom. The molecule has 1 aromatic rings. The Morgan fingerprint density at radius 3 is 2.53 bits per heavy atom. The van der Waals surface area contributed by atoms with E-state index in [1.165, 1.54) is 0 Å². The molecule has 1 aromatic carbocycles. The van der Waals surface area contributed by atoms with Crippen LogP contribution in [-0.4, -0.2) is 14.0 Å². The number of carbonyl (C=O) groups is 1. The van der Waals surface area contributed by atoms with E-state index in [4.69, 9.17) is 11.6 Å². The predicted octanol–water partition coefficient (Wildman–Crippen LogP) is 3.15. The van der Waals surface area contributed by atoms with Gasteiger partial charge in [0.15, 0.2) is 0 Å². The summed E-state index contributed by atoms with van der Waals surface area (Å²) in [5.74, 6) is -0.133. The first-order chi connectivity index (χ1) is 7.88. The second kappa shape index (κ2) is 5.51. The minimum Gasteiger partial charge on any atom is -0.329 e. The van der Waals surface area contributed by atoms with Crippen LogP contribution in [0.3, 0.4) is 0 Å². The smallest absolute Gasteiger partial charge is 0.256 e. The molecule has 0 aromatic heterocycles. The second-order valence-electron chi connectivity index (χ2n) is 4.89. The lowest BCUT2D eigenvalue weighted by Gasteiger charge is -2.21. The predicted molar refractivity (Wildman–Crippen MR) is 76.7 cm³/mol. The lowest BCUT2D eigenvalue weighted by atomic mass is 10.2. The molecule has 0 aliphatic carbocycles. The average molecular weight is 268 g/mol. The van der Waals surface area contributed by atoms with Crippen LogP contribution in [0.15, 0.2) is 30.5 Å². The Hall–Kier alpha value is -1.06. The van der Waals surface area contributed by atoms with Crippen molar-refractivity contribution in [1.82, 2.24) is 5.32 Å². The Labute approximate surface area is 109 Å². The summed E-state index contributed by atoms with van der Waals surface area (Å²) in [6, 6.07) is 5.67. The summed E-state index contributed by atoms with van der Waals surface area (Å²) in [5, 5.41) is 4.33. The summed E-state index contributed by atoms with van der Waals surface area (Å²) in [6.07, 6.45) is 3.41. The summed E-state index contributed by atoms with van der Waals surface area (Å²) in [5.41, 5.74) is 0.617. The van der Waals surface area contributed by atoms with Gasteiger partial charge in [0.25, 0.3) is 5.91 Å². The van der Waals surface area contributed by atoms with Crippen molar-refractivity contribution >= 4 is 30.8 Å². The van der Waals surface area contributed by atoms with Crippen molar-refractivity contribution in [2.45, 2.75) is 26.6 Å². The zero-order chi connectivity index (χ0) is 13.1. The van der Waals surface area contributed by atoms with E-state index in [1.807, 2.05) is 19.1 Å². The SMILES string of the molecule is C/C=C/NC(=O)c1c(Cl)cccc1[Si](C)(C)C. The first-order valence-electron chi connectivity index (χ1n) is 5.59. The molecule has 1 amide bonds. The lowest BCUT2D eigenvalue weighted by Crippen LogP contribution is -2.43. The van der Waals surface area contributed by atoms with E-state index >= 15 is 0 Å². The van der Waals surface area contributed by atoms with Crippen molar-refractivity contribution in [3.05, 3.63) is 41.1 Å². The fourth-order valence-corrected chi connectivity index (χ4v) is 3.55. The van der Waals surface area contributed by atoms with Crippen LogP contribution in [0.5, 0.6) is 0 Å². The van der Waals surface area contributed by atoms with Gasteiger partial charge in [0.2, 0.25) is 0 Å². The molecule has 0 spiro atoms. The first-order valence-corrected chi connectivity index (χ1v) is 9.46. The average Bonchev–Trinajstić information content (AvgIpc) is 2.24. The first kappa shape index (κ1) is 14.0. The summed E-state index contributed by atoms with van der Waals surface area (Å²) >= 11 is 6.15. The molecule has 0 saturated heterocycles. The van der Waals surface area contributed by atoms with E-state index in [0.717, 1.165) is 5.19 Å². The molecule has 0 aliphatic rings. The Kier molecular flexibility index (Phi) is 4.54. The van der Waals surface area contributed by atoms with Crippen LogP contribution in [-0.2, 0) is 0 Å². The van der Waals surface area contributed by atoms with Gasteiger partial charge in [0.1, 0.15) is 0 Å². The number of halogens is 1. The molecule has 0 unspecified atom stereocenters. The number of rotatable bonds is 3. The number of nitrogens with one attached hydrogen (secondary N) is 1. The van der Waals surface area contributed by atoms with Crippen LogP contribution in [0.1, 0.15) is 17.3 Å². The van der Waals surface area contributed by atoms with E-state index in [9.17, 15) is 4.79 Å². The topological polar surface area (TPSA) is 29.1 Å². The van der Waals surface area contributed by atoms with Gasteiger partial charge in [0, 0.05) is 0 Å². The molecular weight excluding hydrogens is 250 g/mol. The number of allylic oxidation sites excluding steroid dienone is 1. The molecular formula is C13H18ClNOSi. The van der Waals surface area contributed by atoms with Crippen molar-refractivity contribution in [2.75, 3.05) is 0 Å². The standard InChI is InChI=1S/C13H18ClNOSi/c1-5-9-15-13(16)12-10(14)7-6-8-11(12)17(2,3)4/h5-9H,1-4H3,(H,15,16)/b9-5+. The zero-order valence-electron chi connectivity index (χ0n) is 10.7. The van der Waals surface area contributed by atoms with Gasteiger partial charge in [-0.3, -0.25) is 4.79 Å². The summed E-state index contributed by atoms with van der Waals surface area (Å²) < 4.78 is 0. The molecule has 0 fully saturated rings. The van der Waals surface area contributed by atoms with Gasteiger partial charge in [-0.05, 0) is 24.4 Å². The molecule has 1 rings (SSSR count). The van der Waals surface area contributed by atoms with Crippen LogP contribution in [0.25, 0.3) is 0 Å². The Morgan fingerprint density at radius 2 is 2.00 bits per heavy atom. The third kappa shape index (κ3) is 3.45. The van der Waals surface area contributed by atoms with Gasteiger partial charge in [-0.1, -0.05) is 49.5 Å². The van der Waals surface area contributed by atoms with E-state index in [-0.39, 0.29) is 5.91 Å². The fraction of sp³-hybridized carbons (Fsp3) is 0.308. The van der Waals surface area contributed by atoms with Crippen LogP contribution < -0.4 is 10.5 Å². The molecule has 0 saturated carbocycles.